The summed E-state index contributed by atoms with van der Waals surface area (Å²) in [5, 5.41) is 3.39. The topological polar surface area (TPSA) is 73.9 Å². The van der Waals surface area contributed by atoms with E-state index in [1.807, 2.05) is 21.6 Å². The number of ether oxygens (including phenoxy) is 3. The second-order valence-corrected chi connectivity index (χ2v) is 8.64. The van der Waals surface area contributed by atoms with Crippen LogP contribution in [-0.4, -0.2) is 43.7 Å². The fourth-order valence-electron chi connectivity index (χ4n) is 2.52. The average Bonchev–Trinajstić information content (AvgIpc) is 3.17. The van der Waals surface area contributed by atoms with E-state index in [0.29, 0.717) is 23.6 Å². The molecule has 1 saturated heterocycles. The highest BCUT2D eigenvalue weighted by molar-refractivity contribution is 8.77. The van der Waals surface area contributed by atoms with Crippen molar-refractivity contribution in [2.75, 3.05) is 31.9 Å². The number of esters is 1. The van der Waals surface area contributed by atoms with Gasteiger partial charge in [0.1, 0.15) is 11.5 Å². The Morgan fingerprint density at radius 1 is 1.23 bits per heavy atom. The van der Waals surface area contributed by atoms with Crippen molar-refractivity contribution in [1.82, 2.24) is 0 Å². The second kappa shape index (κ2) is 11.2. The summed E-state index contributed by atoms with van der Waals surface area (Å²) in [6.07, 6.45) is 4.56. The van der Waals surface area contributed by atoms with Gasteiger partial charge in [0.05, 0.1) is 19.9 Å². The van der Waals surface area contributed by atoms with E-state index in [2.05, 4.69) is 5.32 Å². The first-order valence-electron chi connectivity index (χ1n) is 8.58. The SMILES string of the molecule is COc1ccc(OC)c(NC(=O)COC(=O)CCCC[C@H]2CCSS2)c1. The van der Waals surface area contributed by atoms with Gasteiger partial charge in [0.15, 0.2) is 6.61 Å². The third-order valence-electron chi connectivity index (χ3n) is 3.93. The Balaban J connectivity index is 1.66. The molecule has 6 nitrogen and oxygen atoms in total. The van der Waals surface area contributed by atoms with Crippen LogP contribution in [0.2, 0.25) is 0 Å². The number of carbonyl (C=O) groups excluding carboxylic acids is 2. The Kier molecular flexibility index (Phi) is 8.97. The van der Waals surface area contributed by atoms with Crippen molar-refractivity contribution in [2.45, 2.75) is 37.4 Å². The molecule has 1 aliphatic heterocycles. The molecule has 0 radical (unpaired) electrons. The molecule has 0 spiro atoms. The molecule has 1 aliphatic rings. The van der Waals surface area contributed by atoms with E-state index in [-0.39, 0.29) is 12.6 Å². The Morgan fingerprint density at radius 2 is 2.08 bits per heavy atom. The first-order valence-corrected chi connectivity index (χ1v) is 11.0. The highest BCUT2D eigenvalue weighted by Crippen LogP contribution is 2.39. The van der Waals surface area contributed by atoms with Gasteiger partial charge in [-0.1, -0.05) is 28.0 Å². The van der Waals surface area contributed by atoms with Crippen molar-refractivity contribution in [2.24, 2.45) is 0 Å². The van der Waals surface area contributed by atoms with Crippen LogP contribution >= 0.6 is 21.6 Å². The van der Waals surface area contributed by atoms with Gasteiger partial charge >= 0.3 is 5.97 Å². The van der Waals surface area contributed by atoms with Crippen LogP contribution in [-0.2, 0) is 14.3 Å². The minimum absolute atomic E-state index is 0.311. The number of methoxy groups -OCH3 is 2. The molecule has 0 unspecified atom stereocenters. The number of amides is 1. The smallest absolute Gasteiger partial charge is 0.306 e. The van der Waals surface area contributed by atoms with Gasteiger partial charge in [-0.25, -0.2) is 0 Å². The Hall–Kier alpha value is -1.54. The van der Waals surface area contributed by atoms with Crippen LogP contribution in [0, 0.1) is 0 Å². The third kappa shape index (κ3) is 6.99. The van der Waals surface area contributed by atoms with Crippen molar-refractivity contribution in [1.29, 1.82) is 0 Å². The molecule has 1 amide bonds. The predicted molar refractivity (Wildman–Crippen MR) is 106 cm³/mol. The zero-order valence-electron chi connectivity index (χ0n) is 15.1. The summed E-state index contributed by atoms with van der Waals surface area (Å²) < 4.78 is 15.4. The number of hydrogen-bond donors (Lipinski definition) is 1. The Labute approximate surface area is 162 Å². The van der Waals surface area contributed by atoms with Crippen LogP contribution in [0.5, 0.6) is 11.5 Å². The Morgan fingerprint density at radius 3 is 2.77 bits per heavy atom. The quantitative estimate of drug-likeness (QED) is 0.363. The van der Waals surface area contributed by atoms with Crippen molar-refractivity contribution < 1.29 is 23.8 Å². The zero-order chi connectivity index (χ0) is 18.8. The van der Waals surface area contributed by atoms with E-state index >= 15 is 0 Å². The molecule has 2 rings (SSSR count). The maximum absolute atomic E-state index is 12.0. The van der Waals surface area contributed by atoms with E-state index in [4.69, 9.17) is 14.2 Å². The first kappa shape index (κ1) is 20.8. The molecule has 1 aromatic rings. The number of nitrogens with one attached hydrogen (secondary N) is 1. The summed E-state index contributed by atoms with van der Waals surface area (Å²) in [4.78, 5) is 23.8. The molecule has 8 heteroatoms. The third-order valence-corrected chi connectivity index (χ3v) is 6.94. The molecular formula is C18H25NO5S2. The summed E-state index contributed by atoms with van der Waals surface area (Å²) in [6, 6.07) is 5.08. The number of anilines is 1. The minimum Gasteiger partial charge on any atom is -0.497 e. The van der Waals surface area contributed by atoms with Gasteiger partial charge in [0.2, 0.25) is 0 Å². The van der Waals surface area contributed by atoms with E-state index in [9.17, 15) is 9.59 Å². The number of rotatable bonds is 10. The molecule has 1 atom stereocenters. The largest absolute Gasteiger partial charge is 0.497 e. The summed E-state index contributed by atoms with van der Waals surface area (Å²) in [6.45, 7) is -0.311. The fraction of sp³-hybridized carbons (Fsp3) is 0.556. The summed E-state index contributed by atoms with van der Waals surface area (Å²) in [5.41, 5.74) is 0.472. The number of benzene rings is 1. The molecule has 0 aliphatic carbocycles. The second-order valence-electron chi connectivity index (χ2n) is 5.85. The Bertz CT molecular complexity index is 605. The van der Waals surface area contributed by atoms with Crippen LogP contribution in [0.4, 0.5) is 5.69 Å². The average molecular weight is 400 g/mol. The lowest BCUT2D eigenvalue weighted by atomic mass is 10.1. The van der Waals surface area contributed by atoms with E-state index in [0.717, 1.165) is 24.5 Å². The van der Waals surface area contributed by atoms with Gasteiger partial charge in [-0.2, -0.15) is 0 Å². The van der Waals surface area contributed by atoms with Crippen LogP contribution in [0.25, 0.3) is 0 Å². The maximum atomic E-state index is 12.0. The van der Waals surface area contributed by atoms with Crippen LogP contribution in [0.15, 0.2) is 18.2 Å². The molecule has 1 N–H and O–H groups in total. The molecule has 1 aromatic carbocycles. The van der Waals surface area contributed by atoms with Crippen molar-refractivity contribution in [3.05, 3.63) is 18.2 Å². The molecule has 26 heavy (non-hydrogen) atoms. The minimum atomic E-state index is -0.413. The molecule has 144 valence electrons. The van der Waals surface area contributed by atoms with Crippen LogP contribution < -0.4 is 14.8 Å². The predicted octanol–water partition coefficient (Wildman–Crippen LogP) is 3.90. The summed E-state index contributed by atoms with van der Waals surface area (Å²) >= 11 is 0. The maximum Gasteiger partial charge on any atom is 0.306 e. The molecular weight excluding hydrogens is 374 g/mol. The van der Waals surface area contributed by atoms with Gasteiger partial charge in [-0.15, -0.1) is 0 Å². The van der Waals surface area contributed by atoms with Crippen LogP contribution in [0.3, 0.4) is 0 Å². The van der Waals surface area contributed by atoms with Gasteiger partial charge < -0.3 is 19.5 Å². The number of carbonyl (C=O) groups is 2. The zero-order valence-corrected chi connectivity index (χ0v) is 16.7. The lowest BCUT2D eigenvalue weighted by Crippen LogP contribution is -2.21. The van der Waals surface area contributed by atoms with Crippen molar-refractivity contribution in [3.63, 3.8) is 0 Å². The molecule has 1 heterocycles. The molecule has 1 fully saturated rings. The first-order chi connectivity index (χ1) is 12.6. The summed E-state index contributed by atoms with van der Waals surface area (Å²) in [7, 11) is 6.93. The van der Waals surface area contributed by atoms with Gasteiger partial charge in [-0.05, 0) is 31.4 Å². The lowest BCUT2D eigenvalue weighted by Gasteiger charge is -2.12. The number of unbranched alkanes of at least 4 members (excludes halogenated alkanes) is 1. The molecule has 0 aromatic heterocycles. The fourth-order valence-corrected chi connectivity index (χ4v) is 5.55. The van der Waals surface area contributed by atoms with E-state index < -0.39 is 5.91 Å². The van der Waals surface area contributed by atoms with E-state index in [1.165, 1.54) is 19.3 Å². The van der Waals surface area contributed by atoms with Crippen LogP contribution in [0.1, 0.15) is 32.1 Å². The highest BCUT2D eigenvalue weighted by atomic mass is 33.1. The number of hydrogen-bond acceptors (Lipinski definition) is 7. The highest BCUT2D eigenvalue weighted by Gasteiger charge is 2.16. The van der Waals surface area contributed by atoms with Gasteiger partial charge in [0.25, 0.3) is 5.91 Å². The van der Waals surface area contributed by atoms with Crippen molar-refractivity contribution >= 4 is 39.2 Å². The molecule has 0 saturated carbocycles. The molecule has 0 bridgehead atoms. The monoisotopic (exact) mass is 399 g/mol. The summed E-state index contributed by atoms with van der Waals surface area (Å²) in [5.74, 6) is 1.57. The van der Waals surface area contributed by atoms with Gasteiger partial charge in [-0.3, -0.25) is 9.59 Å². The van der Waals surface area contributed by atoms with E-state index in [1.54, 1.807) is 25.3 Å². The normalized spacial score (nSPS) is 16.2. The lowest BCUT2D eigenvalue weighted by molar-refractivity contribution is -0.147. The van der Waals surface area contributed by atoms with Crippen molar-refractivity contribution in [3.8, 4) is 11.5 Å². The van der Waals surface area contributed by atoms with Gasteiger partial charge in [0, 0.05) is 23.5 Å². The standard InChI is InChI=1S/C18H25NO5S2/c1-22-13-7-8-16(23-2)15(11-13)19-17(20)12-24-18(21)6-4-3-5-14-9-10-25-26-14/h7-8,11,14H,3-6,9-10,12H2,1-2H3,(H,19,20)/t14-/m0/s1.